The van der Waals surface area contributed by atoms with Crippen molar-refractivity contribution in [2.45, 2.75) is 39.3 Å². The zero-order valence-corrected chi connectivity index (χ0v) is 8.66. The Labute approximate surface area is 83.5 Å². The van der Waals surface area contributed by atoms with Crippen LogP contribution in [0, 0.1) is 6.92 Å². The number of aromatic nitrogens is 2. The lowest BCUT2D eigenvalue weighted by molar-refractivity contribution is 0.160. The Kier molecular flexibility index (Phi) is 4.55. The van der Waals surface area contributed by atoms with Crippen molar-refractivity contribution in [3.8, 4) is 0 Å². The minimum absolute atomic E-state index is 0.278. The van der Waals surface area contributed by atoms with Gasteiger partial charge in [-0.25, -0.2) is 4.63 Å². The van der Waals surface area contributed by atoms with Gasteiger partial charge in [-0.15, -0.1) is 0 Å². The second-order valence-corrected chi connectivity index (χ2v) is 3.37. The summed E-state index contributed by atoms with van der Waals surface area (Å²) in [6, 6.07) is 0. The fourth-order valence-electron chi connectivity index (χ4n) is 1.20. The summed E-state index contributed by atoms with van der Waals surface area (Å²) in [4.78, 5) is 0. The standard InChI is InChI=1S/C9H17N3O2/c1-3-4-8(13)5-10-6-9-7(2)11-14-12-9/h8,10,13H,3-6H2,1-2H3. The fourth-order valence-corrected chi connectivity index (χ4v) is 1.20. The molecular weight excluding hydrogens is 182 g/mol. The van der Waals surface area contributed by atoms with Crippen LogP contribution in [-0.4, -0.2) is 28.1 Å². The summed E-state index contributed by atoms with van der Waals surface area (Å²) in [5.41, 5.74) is 1.59. The van der Waals surface area contributed by atoms with Gasteiger partial charge in [-0.3, -0.25) is 0 Å². The lowest BCUT2D eigenvalue weighted by atomic mass is 10.2. The van der Waals surface area contributed by atoms with Crippen molar-refractivity contribution in [2.24, 2.45) is 0 Å². The smallest absolute Gasteiger partial charge is 0.121 e. The van der Waals surface area contributed by atoms with Crippen LogP contribution >= 0.6 is 0 Å². The molecule has 0 spiro atoms. The fraction of sp³-hybridized carbons (Fsp3) is 0.778. The molecule has 1 aromatic rings. The molecule has 0 amide bonds. The van der Waals surface area contributed by atoms with Crippen LogP contribution in [-0.2, 0) is 6.54 Å². The molecule has 5 nitrogen and oxygen atoms in total. The van der Waals surface area contributed by atoms with Gasteiger partial charge in [0, 0.05) is 13.1 Å². The summed E-state index contributed by atoms with van der Waals surface area (Å²) in [6.45, 7) is 5.07. The van der Waals surface area contributed by atoms with Crippen LogP contribution in [0.25, 0.3) is 0 Å². The third kappa shape index (κ3) is 3.43. The maximum Gasteiger partial charge on any atom is 0.121 e. The van der Waals surface area contributed by atoms with Crippen LogP contribution in [0.15, 0.2) is 4.63 Å². The lowest BCUT2D eigenvalue weighted by Gasteiger charge is -2.09. The van der Waals surface area contributed by atoms with E-state index < -0.39 is 0 Å². The van der Waals surface area contributed by atoms with Gasteiger partial charge in [-0.1, -0.05) is 23.7 Å². The Hall–Kier alpha value is -0.940. The minimum atomic E-state index is -0.278. The third-order valence-electron chi connectivity index (χ3n) is 2.04. The molecule has 1 aromatic heterocycles. The largest absolute Gasteiger partial charge is 0.392 e. The first-order valence-corrected chi connectivity index (χ1v) is 4.90. The van der Waals surface area contributed by atoms with Gasteiger partial charge in [0.2, 0.25) is 0 Å². The van der Waals surface area contributed by atoms with Crippen molar-refractivity contribution >= 4 is 0 Å². The average Bonchev–Trinajstić information content (AvgIpc) is 2.52. The van der Waals surface area contributed by atoms with E-state index in [0.29, 0.717) is 13.1 Å². The van der Waals surface area contributed by atoms with E-state index in [1.54, 1.807) is 0 Å². The van der Waals surface area contributed by atoms with Crippen LogP contribution < -0.4 is 5.32 Å². The second kappa shape index (κ2) is 5.72. The van der Waals surface area contributed by atoms with Crippen LogP contribution in [0.1, 0.15) is 31.2 Å². The molecule has 1 heterocycles. The number of rotatable bonds is 6. The normalized spacial score (nSPS) is 13.1. The van der Waals surface area contributed by atoms with E-state index in [-0.39, 0.29) is 6.10 Å². The zero-order valence-electron chi connectivity index (χ0n) is 8.66. The lowest BCUT2D eigenvalue weighted by Crippen LogP contribution is -2.26. The highest BCUT2D eigenvalue weighted by Gasteiger charge is 2.06. The van der Waals surface area contributed by atoms with Crippen LogP contribution in [0.2, 0.25) is 0 Å². The Morgan fingerprint density at radius 2 is 2.29 bits per heavy atom. The van der Waals surface area contributed by atoms with E-state index >= 15 is 0 Å². The molecule has 0 aliphatic heterocycles. The molecule has 1 atom stereocenters. The average molecular weight is 199 g/mol. The Morgan fingerprint density at radius 1 is 1.50 bits per heavy atom. The molecule has 0 saturated carbocycles. The summed E-state index contributed by atoms with van der Waals surface area (Å²) in [5, 5.41) is 19.9. The molecule has 1 unspecified atom stereocenters. The molecule has 5 heteroatoms. The molecule has 0 aliphatic carbocycles. The third-order valence-corrected chi connectivity index (χ3v) is 2.04. The molecule has 80 valence electrons. The molecule has 0 aromatic carbocycles. The number of nitrogens with one attached hydrogen (secondary N) is 1. The summed E-state index contributed by atoms with van der Waals surface area (Å²) < 4.78 is 4.55. The van der Waals surface area contributed by atoms with Gasteiger partial charge < -0.3 is 10.4 Å². The van der Waals surface area contributed by atoms with Gasteiger partial charge >= 0.3 is 0 Å². The first-order chi connectivity index (χ1) is 6.74. The van der Waals surface area contributed by atoms with Gasteiger partial charge in [0.15, 0.2) is 0 Å². The highest BCUT2D eigenvalue weighted by atomic mass is 16.6. The number of aliphatic hydroxyl groups excluding tert-OH is 1. The van der Waals surface area contributed by atoms with Crippen molar-refractivity contribution in [1.82, 2.24) is 15.6 Å². The minimum Gasteiger partial charge on any atom is -0.392 e. The van der Waals surface area contributed by atoms with Gasteiger partial charge in [0.05, 0.1) is 6.10 Å². The van der Waals surface area contributed by atoms with E-state index in [9.17, 15) is 5.11 Å². The molecular formula is C9H17N3O2. The molecule has 14 heavy (non-hydrogen) atoms. The topological polar surface area (TPSA) is 71.2 Å². The first kappa shape index (κ1) is 11.1. The van der Waals surface area contributed by atoms with Gasteiger partial charge in [0.25, 0.3) is 0 Å². The molecule has 0 fully saturated rings. The Bertz CT molecular complexity index is 262. The number of nitrogens with zero attached hydrogens (tertiary/aromatic N) is 2. The van der Waals surface area contributed by atoms with E-state index in [4.69, 9.17) is 0 Å². The number of hydrogen-bond acceptors (Lipinski definition) is 5. The van der Waals surface area contributed by atoms with Crippen LogP contribution in [0.3, 0.4) is 0 Å². The van der Waals surface area contributed by atoms with Crippen molar-refractivity contribution in [3.05, 3.63) is 11.4 Å². The molecule has 0 saturated heterocycles. The highest BCUT2D eigenvalue weighted by Crippen LogP contribution is 2.00. The molecule has 0 radical (unpaired) electrons. The summed E-state index contributed by atoms with van der Waals surface area (Å²) >= 11 is 0. The number of hydrogen-bond donors (Lipinski definition) is 2. The maximum atomic E-state index is 9.43. The van der Waals surface area contributed by atoms with Crippen molar-refractivity contribution < 1.29 is 9.74 Å². The predicted molar refractivity (Wildman–Crippen MR) is 51.7 cm³/mol. The van der Waals surface area contributed by atoms with E-state index in [1.165, 1.54) is 0 Å². The predicted octanol–water partition coefficient (Wildman–Crippen LogP) is 0.629. The van der Waals surface area contributed by atoms with Gasteiger partial charge in [-0.2, -0.15) is 0 Å². The molecule has 2 N–H and O–H groups in total. The summed E-state index contributed by atoms with van der Waals surface area (Å²) in [7, 11) is 0. The van der Waals surface area contributed by atoms with Crippen LogP contribution in [0.4, 0.5) is 0 Å². The first-order valence-electron chi connectivity index (χ1n) is 4.90. The highest BCUT2D eigenvalue weighted by molar-refractivity contribution is 5.03. The molecule has 0 aliphatic rings. The Balaban J connectivity index is 2.19. The van der Waals surface area contributed by atoms with Crippen LogP contribution in [0.5, 0.6) is 0 Å². The van der Waals surface area contributed by atoms with Crippen molar-refractivity contribution in [1.29, 1.82) is 0 Å². The SMILES string of the molecule is CCCC(O)CNCc1nonc1C. The molecule has 0 bridgehead atoms. The Morgan fingerprint density at radius 3 is 2.86 bits per heavy atom. The summed E-state index contributed by atoms with van der Waals surface area (Å²) in [5.74, 6) is 0. The van der Waals surface area contributed by atoms with E-state index in [1.807, 2.05) is 6.92 Å². The van der Waals surface area contributed by atoms with E-state index in [0.717, 1.165) is 24.2 Å². The van der Waals surface area contributed by atoms with Crippen molar-refractivity contribution in [3.63, 3.8) is 0 Å². The van der Waals surface area contributed by atoms with Crippen molar-refractivity contribution in [2.75, 3.05) is 6.54 Å². The zero-order chi connectivity index (χ0) is 10.4. The monoisotopic (exact) mass is 199 g/mol. The molecule has 1 rings (SSSR count). The second-order valence-electron chi connectivity index (χ2n) is 3.37. The maximum absolute atomic E-state index is 9.43. The number of aryl methyl sites for hydroxylation is 1. The quantitative estimate of drug-likeness (QED) is 0.703. The van der Waals surface area contributed by atoms with Gasteiger partial charge in [0.1, 0.15) is 11.4 Å². The van der Waals surface area contributed by atoms with E-state index in [2.05, 4.69) is 27.2 Å². The number of aliphatic hydroxyl groups is 1. The summed E-state index contributed by atoms with van der Waals surface area (Å²) in [6.07, 6.45) is 1.54. The van der Waals surface area contributed by atoms with Gasteiger partial charge in [-0.05, 0) is 13.3 Å².